The van der Waals surface area contributed by atoms with Gasteiger partial charge in [0.2, 0.25) is 11.8 Å². The molecule has 0 saturated carbocycles. The van der Waals surface area contributed by atoms with Gasteiger partial charge in [0.25, 0.3) is 0 Å². The number of carbonyl (C=O) groups is 2. The number of nitrogens with one attached hydrogen (secondary N) is 1. The van der Waals surface area contributed by atoms with Crippen molar-refractivity contribution in [1.29, 1.82) is 0 Å². The molecular weight excluding hydrogens is 430 g/mol. The van der Waals surface area contributed by atoms with E-state index in [1.165, 1.54) is 0 Å². The standard InChI is InChI=1S/C27H31N3O4/c1-27(2)19-13-17-14-29(12-11-22(17)33-26(19)18-7-3-6-10-23(18)34-27)16-25(32)30-15-24(31)28-20-8-4-5-9-21(20)30/h3-10,17,19,22,26H,11-16H2,1-2H3,(H,28,31)/t17-,19-,22-,26+/m0/s1. The molecule has 4 heterocycles. The van der Waals surface area contributed by atoms with Crippen LogP contribution in [-0.2, 0) is 14.3 Å². The minimum absolute atomic E-state index is 0.0365. The fourth-order valence-electron chi connectivity index (χ4n) is 6.21. The van der Waals surface area contributed by atoms with E-state index in [-0.39, 0.29) is 42.1 Å². The number of anilines is 2. The van der Waals surface area contributed by atoms with Crippen LogP contribution in [0.15, 0.2) is 48.5 Å². The van der Waals surface area contributed by atoms with Crippen molar-refractivity contribution < 1.29 is 19.1 Å². The third-order valence-electron chi connectivity index (χ3n) is 7.91. The monoisotopic (exact) mass is 461 g/mol. The zero-order chi connectivity index (χ0) is 23.4. The van der Waals surface area contributed by atoms with Gasteiger partial charge in [-0.05, 0) is 50.8 Å². The highest BCUT2D eigenvalue weighted by atomic mass is 16.5. The highest BCUT2D eigenvalue weighted by Gasteiger charge is 2.51. The zero-order valence-corrected chi connectivity index (χ0v) is 19.7. The van der Waals surface area contributed by atoms with Crippen molar-refractivity contribution in [3.63, 3.8) is 0 Å². The van der Waals surface area contributed by atoms with Crippen LogP contribution in [0, 0.1) is 11.8 Å². The van der Waals surface area contributed by atoms with Gasteiger partial charge >= 0.3 is 0 Å². The minimum Gasteiger partial charge on any atom is -0.487 e. The van der Waals surface area contributed by atoms with Crippen LogP contribution in [0.4, 0.5) is 11.4 Å². The van der Waals surface area contributed by atoms with E-state index in [4.69, 9.17) is 9.47 Å². The molecule has 4 aliphatic rings. The summed E-state index contributed by atoms with van der Waals surface area (Å²) in [6.45, 7) is 6.32. The highest BCUT2D eigenvalue weighted by molar-refractivity contribution is 6.10. The van der Waals surface area contributed by atoms with Crippen LogP contribution in [-0.4, -0.2) is 54.6 Å². The van der Waals surface area contributed by atoms with Gasteiger partial charge in [0.15, 0.2) is 0 Å². The molecule has 2 amide bonds. The Labute approximate surface area is 200 Å². The summed E-state index contributed by atoms with van der Waals surface area (Å²) in [6.07, 6.45) is 2.16. The maximum absolute atomic E-state index is 13.3. The lowest BCUT2D eigenvalue weighted by molar-refractivity contribution is -0.187. The molecule has 0 radical (unpaired) electrons. The first-order valence-electron chi connectivity index (χ1n) is 12.2. The topological polar surface area (TPSA) is 71.1 Å². The predicted molar refractivity (Wildman–Crippen MR) is 129 cm³/mol. The van der Waals surface area contributed by atoms with Gasteiger partial charge in [-0.2, -0.15) is 0 Å². The van der Waals surface area contributed by atoms with Crippen LogP contribution in [0.25, 0.3) is 0 Å². The number of hydrogen-bond acceptors (Lipinski definition) is 5. The highest BCUT2D eigenvalue weighted by Crippen LogP contribution is 2.52. The summed E-state index contributed by atoms with van der Waals surface area (Å²) < 4.78 is 13.1. The Morgan fingerprint density at radius 3 is 2.82 bits per heavy atom. The molecule has 2 aromatic rings. The van der Waals surface area contributed by atoms with Crippen LogP contribution < -0.4 is 15.0 Å². The number of nitrogens with zero attached hydrogens (tertiary/aromatic N) is 2. The Morgan fingerprint density at radius 2 is 1.94 bits per heavy atom. The predicted octanol–water partition coefficient (Wildman–Crippen LogP) is 3.61. The van der Waals surface area contributed by atoms with Crippen molar-refractivity contribution in [3.05, 3.63) is 54.1 Å². The molecule has 6 rings (SSSR count). The summed E-state index contributed by atoms with van der Waals surface area (Å²) >= 11 is 0. The van der Waals surface area contributed by atoms with Crippen molar-refractivity contribution in [2.45, 2.75) is 44.5 Å². The van der Waals surface area contributed by atoms with Gasteiger partial charge in [0.05, 0.1) is 30.1 Å². The van der Waals surface area contributed by atoms with Crippen LogP contribution in [0.5, 0.6) is 5.75 Å². The second-order valence-electron chi connectivity index (χ2n) is 10.5. The number of benzene rings is 2. The SMILES string of the molecule is CC1(C)Oc2ccccc2[C@H]2O[C@H]3CCN(CC(=O)N4CC(=O)Nc5ccccc54)C[C@@H]3C[C@@H]21. The van der Waals surface area contributed by atoms with Gasteiger partial charge in [-0.15, -0.1) is 0 Å². The van der Waals surface area contributed by atoms with Crippen LogP contribution >= 0.6 is 0 Å². The number of hydrogen-bond donors (Lipinski definition) is 1. The Hall–Kier alpha value is -2.90. The lowest BCUT2D eigenvalue weighted by Crippen LogP contribution is -2.56. The Morgan fingerprint density at radius 1 is 1.15 bits per heavy atom. The van der Waals surface area contributed by atoms with Gasteiger partial charge in [-0.3, -0.25) is 19.4 Å². The van der Waals surface area contributed by atoms with Crippen molar-refractivity contribution in [1.82, 2.24) is 4.90 Å². The Balaban J connectivity index is 1.16. The van der Waals surface area contributed by atoms with Crippen molar-refractivity contribution >= 4 is 23.2 Å². The summed E-state index contributed by atoms with van der Waals surface area (Å²) in [5.41, 5.74) is 2.31. The van der Waals surface area contributed by atoms with Crippen molar-refractivity contribution in [2.75, 3.05) is 36.4 Å². The van der Waals surface area contributed by atoms with Gasteiger partial charge in [-0.1, -0.05) is 30.3 Å². The number of piperidine rings is 1. The van der Waals surface area contributed by atoms with E-state index in [1.807, 2.05) is 36.4 Å². The van der Waals surface area contributed by atoms with E-state index in [0.29, 0.717) is 18.2 Å². The van der Waals surface area contributed by atoms with E-state index < -0.39 is 0 Å². The third-order valence-corrected chi connectivity index (χ3v) is 7.91. The van der Waals surface area contributed by atoms with E-state index in [0.717, 1.165) is 42.9 Å². The van der Waals surface area contributed by atoms with E-state index in [9.17, 15) is 9.59 Å². The number of amides is 2. The van der Waals surface area contributed by atoms with E-state index in [2.05, 4.69) is 36.2 Å². The van der Waals surface area contributed by atoms with Crippen LogP contribution in [0.3, 0.4) is 0 Å². The molecule has 1 N–H and O–H groups in total. The summed E-state index contributed by atoms with van der Waals surface area (Å²) in [6, 6.07) is 15.7. The molecule has 4 aliphatic heterocycles. The maximum atomic E-state index is 13.3. The molecule has 0 aliphatic carbocycles. The average Bonchev–Trinajstić information content (AvgIpc) is 2.82. The quantitative estimate of drug-likeness (QED) is 0.740. The van der Waals surface area contributed by atoms with Gasteiger partial charge in [0.1, 0.15) is 17.9 Å². The summed E-state index contributed by atoms with van der Waals surface area (Å²) in [7, 11) is 0. The second-order valence-corrected chi connectivity index (χ2v) is 10.5. The second kappa shape index (κ2) is 8.10. The Bertz CT molecular complexity index is 1130. The average molecular weight is 462 g/mol. The maximum Gasteiger partial charge on any atom is 0.244 e. The number of rotatable bonds is 2. The molecule has 7 nitrogen and oxygen atoms in total. The first kappa shape index (κ1) is 21.6. The number of fused-ring (bicyclic) bond motifs is 5. The normalized spacial score (nSPS) is 29.6. The fraction of sp³-hybridized carbons (Fsp3) is 0.481. The fourth-order valence-corrected chi connectivity index (χ4v) is 6.21. The van der Waals surface area contributed by atoms with Crippen LogP contribution in [0.2, 0.25) is 0 Å². The lowest BCUT2D eigenvalue weighted by Gasteiger charge is -2.53. The molecule has 2 saturated heterocycles. The molecule has 178 valence electrons. The molecule has 0 bridgehead atoms. The van der Waals surface area contributed by atoms with E-state index in [1.54, 1.807) is 4.90 Å². The molecule has 34 heavy (non-hydrogen) atoms. The van der Waals surface area contributed by atoms with E-state index >= 15 is 0 Å². The van der Waals surface area contributed by atoms with Crippen molar-refractivity contribution in [3.8, 4) is 5.75 Å². The van der Waals surface area contributed by atoms with Gasteiger partial charge in [0, 0.05) is 24.6 Å². The Kier molecular flexibility index (Phi) is 5.15. The molecule has 0 aromatic heterocycles. The first-order valence-corrected chi connectivity index (χ1v) is 12.2. The van der Waals surface area contributed by atoms with Gasteiger partial charge < -0.3 is 14.8 Å². The minimum atomic E-state index is -0.313. The van der Waals surface area contributed by atoms with Gasteiger partial charge in [-0.25, -0.2) is 0 Å². The lowest BCUT2D eigenvalue weighted by atomic mass is 9.70. The summed E-state index contributed by atoms with van der Waals surface area (Å²) in [4.78, 5) is 29.3. The third kappa shape index (κ3) is 3.67. The molecule has 2 aromatic carbocycles. The smallest absolute Gasteiger partial charge is 0.244 e. The number of likely N-dealkylation sites (tertiary alicyclic amines) is 1. The molecular formula is C27H31N3O4. The number of carbonyl (C=O) groups excluding carboxylic acids is 2. The van der Waals surface area contributed by atoms with Crippen molar-refractivity contribution in [2.24, 2.45) is 11.8 Å². The molecule has 0 unspecified atom stereocenters. The number of ether oxygens (including phenoxy) is 2. The molecule has 7 heteroatoms. The summed E-state index contributed by atoms with van der Waals surface area (Å²) in [5, 5.41) is 2.85. The van der Waals surface area contributed by atoms with Crippen LogP contribution in [0.1, 0.15) is 38.4 Å². The number of para-hydroxylation sites is 3. The molecule has 2 fully saturated rings. The summed E-state index contributed by atoms with van der Waals surface area (Å²) in [5.74, 6) is 1.36. The largest absolute Gasteiger partial charge is 0.487 e. The first-order chi connectivity index (χ1) is 16.4. The molecule has 0 spiro atoms. The zero-order valence-electron chi connectivity index (χ0n) is 19.7. The molecule has 4 atom stereocenters.